The number of hydrogen-bond acceptors (Lipinski definition) is 8. The molecule has 5 rings (SSSR count). The van der Waals surface area contributed by atoms with Crippen LogP contribution in [0.1, 0.15) is 84.8 Å². The van der Waals surface area contributed by atoms with E-state index in [0.29, 0.717) is 85.0 Å². The van der Waals surface area contributed by atoms with Gasteiger partial charge in [-0.3, -0.25) is 9.59 Å². The van der Waals surface area contributed by atoms with Gasteiger partial charge in [-0.05, 0) is 61.9 Å². The van der Waals surface area contributed by atoms with Gasteiger partial charge >= 0.3 is 11.9 Å². The summed E-state index contributed by atoms with van der Waals surface area (Å²) in [4.78, 5) is 38.4. The maximum Gasteiger partial charge on any atom is 0.342 e. The zero-order valence-electron chi connectivity index (χ0n) is 21.7. The second kappa shape index (κ2) is 11.3. The van der Waals surface area contributed by atoms with Gasteiger partial charge in [-0.2, -0.15) is 0 Å². The van der Waals surface area contributed by atoms with E-state index < -0.39 is 11.9 Å². The molecule has 0 N–H and O–H groups in total. The summed E-state index contributed by atoms with van der Waals surface area (Å²) >= 11 is 0. The number of hydrogen-bond donors (Lipinski definition) is 0. The Hall–Kier alpha value is -3.81. The molecule has 0 saturated heterocycles. The van der Waals surface area contributed by atoms with Crippen LogP contribution in [0, 0.1) is 0 Å². The first-order valence-electron chi connectivity index (χ1n) is 13.2. The van der Waals surface area contributed by atoms with Crippen molar-refractivity contribution in [2.45, 2.75) is 63.9 Å². The first kappa shape index (κ1) is 25.8. The number of ketones is 1. The van der Waals surface area contributed by atoms with Crippen molar-refractivity contribution < 1.29 is 38.1 Å². The lowest BCUT2D eigenvalue weighted by atomic mass is 9.83. The van der Waals surface area contributed by atoms with Gasteiger partial charge in [-0.25, -0.2) is 4.79 Å². The minimum absolute atomic E-state index is 0.0805. The lowest BCUT2D eigenvalue weighted by molar-refractivity contribution is -0.135. The van der Waals surface area contributed by atoms with E-state index in [1.54, 1.807) is 6.07 Å². The predicted octanol–water partition coefficient (Wildman–Crippen LogP) is 5.39. The Morgan fingerprint density at radius 1 is 0.947 bits per heavy atom. The standard InChI is InChI=1S/C30H32O8/c1-18-7-6-10-21(31)9-5-3-4-8-20-16-25-28(29(34-2)27(20)30(33)37-18)22(17-26(32)38-25)19-11-12-23-24(15-19)36-14-13-35-23/h4,8,11-12,15-16,18,22H,3,5-7,9-10,13-14,17H2,1-2H3/t18-,22-/m0/s1. The second-order valence-electron chi connectivity index (χ2n) is 9.86. The van der Waals surface area contributed by atoms with Crippen LogP contribution in [-0.4, -0.2) is 44.1 Å². The highest BCUT2D eigenvalue weighted by Crippen LogP contribution is 2.48. The summed E-state index contributed by atoms with van der Waals surface area (Å²) in [6, 6.07) is 7.30. The largest absolute Gasteiger partial charge is 0.495 e. The number of rotatable bonds is 2. The van der Waals surface area contributed by atoms with Crippen LogP contribution in [0.3, 0.4) is 0 Å². The minimum atomic E-state index is -0.516. The van der Waals surface area contributed by atoms with Gasteiger partial charge in [0.15, 0.2) is 11.5 Å². The molecular weight excluding hydrogens is 488 g/mol. The molecule has 0 radical (unpaired) electrons. The van der Waals surface area contributed by atoms with Crippen LogP contribution >= 0.6 is 0 Å². The zero-order valence-corrected chi connectivity index (χ0v) is 21.7. The highest BCUT2D eigenvalue weighted by Gasteiger charge is 2.36. The van der Waals surface area contributed by atoms with Crippen LogP contribution in [0.5, 0.6) is 23.0 Å². The van der Waals surface area contributed by atoms with Crippen molar-refractivity contribution in [3.63, 3.8) is 0 Å². The van der Waals surface area contributed by atoms with Gasteiger partial charge in [0.1, 0.15) is 36.1 Å². The lowest BCUT2D eigenvalue weighted by Crippen LogP contribution is -2.24. The Bertz CT molecular complexity index is 1280. The van der Waals surface area contributed by atoms with E-state index in [9.17, 15) is 14.4 Å². The van der Waals surface area contributed by atoms with Crippen molar-refractivity contribution in [3.05, 3.63) is 52.6 Å². The highest BCUT2D eigenvalue weighted by molar-refractivity contribution is 5.99. The number of cyclic esters (lactones) is 1. The number of carbonyl (C=O) groups excluding carboxylic acids is 3. The van der Waals surface area contributed by atoms with Crippen LogP contribution in [0.4, 0.5) is 0 Å². The summed E-state index contributed by atoms with van der Waals surface area (Å²) in [5, 5.41) is 0. The van der Waals surface area contributed by atoms with Gasteiger partial charge in [0.25, 0.3) is 0 Å². The van der Waals surface area contributed by atoms with Crippen molar-refractivity contribution in [1.29, 1.82) is 0 Å². The predicted molar refractivity (Wildman–Crippen MR) is 139 cm³/mol. The Morgan fingerprint density at radius 2 is 1.74 bits per heavy atom. The quantitative estimate of drug-likeness (QED) is 0.384. The molecule has 3 heterocycles. The smallest absolute Gasteiger partial charge is 0.342 e. The number of fused-ring (bicyclic) bond motifs is 3. The highest BCUT2D eigenvalue weighted by atomic mass is 16.6. The van der Waals surface area contributed by atoms with Crippen molar-refractivity contribution in [1.82, 2.24) is 0 Å². The maximum atomic E-state index is 13.6. The normalized spacial score (nSPS) is 21.9. The number of esters is 2. The summed E-state index contributed by atoms with van der Waals surface area (Å²) in [5.74, 6) is 0.850. The van der Waals surface area contributed by atoms with Crippen LogP contribution in [0.25, 0.3) is 6.08 Å². The molecule has 38 heavy (non-hydrogen) atoms. The number of benzene rings is 2. The summed E-state index contributed by atoms with van der Waals surface area (Å²) in [7, 11) is 1.50. The van der Waals surface area contributed by atoms with Gasteiger partial charge in [-0.15, -0.1) is 0 Å². The topological polar surface area (TPSA) is 97.4 Å². The summed E-state index contributed by atoms with van der Waals surface area (Å²) < 4.78 is 28.8. The molecule has 2 atom stereocenters. The van der Waals surface area contributed by atoms with Gasteiger partial charge in [0.05, 0.1) is 19.6 Å². The third-order valence-electron chi connectivity index (χ3n) is 7.13. The maximum absolute atomic E-state index is 13.6. The second-order valence-corrected chi connectivity index (χ2v) is 9.86. The van der Waals surface area contributed by atoms with Crippen molar-refractivity contribution in [2.75, 3.05) is 20.3 Å². The molecule has 0 saturated carbocycles. The molecular formula is C30H32O8. The average Bonchev–Trinajstić information content (AvgIpc) is 2.90. The molecule has 200 valence electrons. The molecule has 3 aliphatic rings. The Kier molecular flexibility index (Phi) is 7.67. The average molecular weight is 521 g/mol. The van der Waals surface area contributed by atoms with Gasteiger partial charge in [-0.1, -0.05) is 18.2 Å². The van der Waals surface area contributed by atoms with E-state index >= 15 is 0 Å². The number of carbonyl (C=O) groups is 3. The molecule has 3 aliphatic heterocycles. The first-order chi connectivity index (χ1) is 18.4. The molecule has 0 unspecified atom stereocenters. The molecule has 8 heteroatoms. The molecule has 0 aliphatic carbocycles. The van der Waals surface area contributed by atoms with Crippen molar-refractivity contribution in [3.8, 4) is 23.0 Å². The summed E-state index contributed by atoms with van der Waals surface area (Å²) in [5.41, 5.74) is 2.28. The lowest BCUT2D eigenvalue weighted by Gasteiger charge is -2.29. The first-order valence-corrected chi connectivity index (χ1v) is 13.2. The molecule has 0 spiro atoms. The van der Waals surface area contributed by atoms with E-state index in [-0.39, 0.29) is 24.3 Å². The van der Waals surface area contributed by atoms with E-state index in [1.165, 1.54) is 7.11 Å². The van der Waals surface area contributed by atoms with E-state index in [4.69, 9.17) is 23.7 Å². The van der Waals surface area contributed by atoms with Crippen molar-refractivity contribution >= 4 is 23.8 Å². The fourth-order valence-corrected chi connectivity index (χ4v) is 5.27. The number of methoxy groups -OCH3 is 1. The number of allylic oxidation sites excluding steroid dienone is 1. The Labute approximate surface area is 221 Å². The summed E-state index contributed by atoms with van der Waals surface area (Å²) in [6.07, 6.45) is 7.11. The van der Waals surface area contributed by atoms with E-state index in [1.807, 2.05) is 37.3 Å². The summed E-state index contributed by atoms with van der Waals surface area (Å²) in [6.45, 7) is 2.75. The SMILES string of the molecule is COc1c2c(cc3c1[C@H](c1ccc4c(c1)OCCO4)CC(=O)O3)C=CCCCC(=O)CCC[C@H](C)OC2=O. The zero-order chi connectivity index (χ0) is 26.6. The van der Waals surface area contributed by atoms with Gasteiger partial charge in [0.2, 0.25) is 0 Å². The minimum Gasteiger partial charge on any atom is -0.495 e. The fourth-order valence-electron chi connectivity index (χ4n) is 5.27. The Morgan fingerprint density at radius 3 is 2.55 bits per heavy atom. The van der Waals surface area contributed by atoms with Crippen LogP contribution < -0.4 is 18.9 Å². The third-order valence-corrected chi connectivity index (χ3v) is 7.13. The molecule has 0 bridgehead atoms. The molecule has 2 aromatic carbocycles. The van der Waals surface area contributed by atoms with Crippen LogP contribution in [0.2, 0.25) is 0 Å². The third kappa shape index (κ3) is 5.39. The van der Waals surface area contributed by atoms with Gasteiger partial charge < -0.3 is 23.7 Å². The molecule has 0 amide bonds. The molecule has 2 aromatic rings. The van der Waals surface area contributed by atoms with Crippen LogP contribution in [0.15, 0.2) is 30.3 Å². The fraction of sp³-hybridized carbons (Fsp3) is 0.433. The number of ether oxygens (including phenoxy) is 5. The molecule has 0 aromatic heterocycles. The molecule has 0 fully saturated rings. The Balaban J connectivity index is 1.62. The van der Waals surface area contributed by atoms with Crippen molar-refractivity contribution in [2.24, 2.45) is 0 Å². The van der Waals surface area contributed by atoms with E-state index in [0.717, 1.165) is 12.0 Å². The van der Waals surface area contributed by atoms with Crippen LogP contribution in [-0.2, 0) is 14.3 Å². The van der Waals surface area contributed by atoms with E-state index in [2.05, 4.69) is 0 Å². The monoisotopic (exact) mass is 520 g/mol. The van der Waals surface area contributed by atoms with Gasteiger partial charge in [0, 0.05) is 24.3 Å². The number of Topliss-reactive ketones (excluding diaryl/α,β-unsaturated/α-hetero) is 1. The molecule has 8 nitrogen and oxygen atoms in total.